The van der Waals surface area contributed by atoms with E-state index in [0.29, 0.717) is 53.7 Å². The van der Waals surface area contributed by atoms with Gasteiger partial charge in [0, 0.05) is 18.2 Å². The lowest BCUT2D eigenvalue weighted by atomic mass is 10.0. The normalized spacial score (nSPS) is 11.1. The molecule has 37 heavy (non-hydrogen) atoms. The standard InChI is InChI=1S/C28H28N6O3/c1-28(2,3)37-14-13-36-22-10-9-21(18-29)23(17-22)20-11-12-30-24(16-20)32-27(35)26-31-25(33-34-26)15-19-7-5-4-6-8-19/h4-12,16-17H,13-15H2,1-3H3,(H,30,32,35)(H,31,33,34). The quantitative estimate of drug-likeness (QED) is 0.320. The molecule has 9 nitrogen and oxygen atoms in total. The Kier molecular flexibility index (Phi) is 7.91. The van der Waals surface area contributed by atoms with Gasteiger partial charge in [-0.2, -0.15) is 5.26 Å². The Morgan fingerprint density at radius 1 is 1.08 bits per heavy atom. The Balaban J connectivity index is 1.45. The van der Waals surface area contributed by atoms with E-state index in [0.717, 1.165) is 5.56 Å². The summed E-state index contributed by atoms with van der Waals surface area (Å²) in [6.07, 6.45) is 2.10. The van der Waals surface area contributed by atoms with Gasteiger partial charge in [0.25, 0.3) is 5.91 Å². The number of H-pyrrole nitrogens is 1. The van der Waals surface area contributed by atoms with Crippen molar-refractivity contribution in [1.29, 1.82) is 5.26 Å². The number of hydrogen-bond acceptors (Lipinski definition) is 7. The average Bonchev–Trinajstić information content (AvgIpc) is 3.35. The lowest BCUT2D eigenvalue weighted by Crippen LogP contribution is -2.22. The minimum absolute atomic E-state index is 0.0173. The number of aromatic amines is 1. The van der Waals surface area contributed by atoms with E-state index >= 15 is 0 Å². The topological polar surface area (TPSA) is 126 Å². The molecule has 0 spiro atoms. The second-order valence-electron chi connectivity index (χ2n) is 9.28. The molecule has 0 aliphatic heterocycles. The van der Waals surface area contributed by atoms with Crippen molar-refractivity contribution in [2.75, 3.05) is 18.5 Å². The van der Waals surface area contributed by atoms with Crippen LogP contribution in [0.2, 0.25) is 0 Å². The second kappa shape index (κ2) is 11.5. The van der Waals surface area contributed by atoms with Crippen LogP contribution < -0.4 is 10.1 Å². The van der Waals surface area contributed by atoms with Crippen LogP contribution in [0.1, 0.15) is 48.3 Å². The number of nitrogens with one attached hydrogen (secondary N) is 2. The Morgan fingerprint density at radius 3 is 2.65 bits per heavy atom. The van der Waals surface area contributed by atoms with E-state index in [1.54, 1.807) is 36.5 Å². The zero-order valence-electron chi connectivity index (χ0n) is 21.0. The van der Waals surface area contributed by atoms with Crippen molar-refractivity contribution in [3.05, 3.63) is 89.6 Å². The summed E-state index contributed by atoms with van der Waals surface area (Å²) in [4.78, 5) is 21.3. The zero-order valence-corrected chi connectivity index (χ0v) is 21.0. The number of anilines is 1. The van der Waals surface area contributed by atoms with Gasteiger partial charge >= 0.3 is 0 Å². The highest BCUT2D eigenvalue weighted by Gasteiger charge is 2.15. The van der Waals surface area contributed by atoms with Gasteiger partial charge in [-0.3, -0.25) is 9.89 Å². The third-order valence-corrected chi connectivity index (χ3v) is 5.26. The molecule has 9 heteroatoms. The molecule has 1 amide bonds. The maximum atomic E-state index is 12.7. The number of pyridine rings is 1. The summed E-state index contributed by atoms with van der Waals surface area (Å²) in [6, 6.07) is 20.7. The molecule has 0 unspecified atom stereocenters. The number of rotatable bonds is 9. The van der Waals surface area contributed by atoms with Gasteiger partial charge in [0.2, 0.25) is 5.82 Å². The first-order chi connectivity index (χ1) is 17.8. The van der Waals surface area contributed by atoms with Crippen LogP contribution in [0.15, 0.2) is 66.9 Å². The number of nitrogens with zero attached hydrogens (tertiary/aromatic N) is 4. The summed E-state index contributed by atoms with van der Waals surface area (Å²) >= 11 is 0. The molecule has 0 saturated carbocycles. The molecule has 0 radical (unpaired) electrons. The number of aromatic nitrogens is 4. The lowest BCUT2D eigenvalue weighted by Gasteiger charge is -2.19. The smallest absolute Gasteiger partial charge is 0.296 e. The van der Waals surface area contributed by atoms with Crippen LogP contribution >= 0.6 is 0 Å². The number of carbonyl (C=O) groups is 1. The highest BCUT2D eigenvalue weighted by molar-refractivity contribution is 6.01. The fourth-order valence-electron chi connectivity index (χ4n) is 3.56. The number of hydrogen-bond donors (Lipinski definition) is 2. The minimum atomic E-state index is -0.489. The first-order valence-electron chi connectivity index (χ1n) is 11.8. The van der Waals surface area contributed by atoms with Crippen molar-refractivity contribution in [2.24, 2.45) is 0 Å². The molecule has 2 aromatic carbocycles. The monoisotopic (exact) mass is 496 g/mol. The summed E-state index contributed by atoms with van der Waals surface area (Å²) in [5, 5.41) is 19.2. The highest BCUT2D eigenvalue weighted by atomic mass is 16.5. The van der Waals surface area contributed by atoms with E-state index in [1.807, 2.05) is 51.1 Å². The molecule has 2 heterocycles. The number of ether oxygens (including phenoxy) is 2. The SMILES string of the molecule is CC(C)(C)OCCOc1ccc(C#N)c(-c2ccnc(NC(=O)c3n[nH]c(Cc4ccccc4)n3)c2)c1. The third kappa shape index (κ3) is 7.22. The molecule has 4 aromatic rings. The molecule has 2 N–H and O–H groups in total. The van der Waals surface area contributed by atoms with E-state index in [9.17, 15) is 10.1 Å². The van der Waals surface area contributed by atoms with Gasteiger partial charge in [0.05, 0.1) is 23.8 Å². The Morgan fingerprint density at radius 2 is 1.89 bits per heavy atom. The summed E-state index contributed by atoms with van der Waals surface area (Å²) < 4.78 is 11.5. The van der Waals surface area contributed by atoms with Crippen molar-refractivity contribution in [3.8, 4) is 22.9 Å². The van der Waals surface area contributed by atoms with Crippen LogP contribution in [-0.2, 0) is 11.2 Å². The van der Waals surface area contributed by atoms with Gasteiger partial charge in [0.15, 0.2) is 0 Å². The van der Waals surface area contributed by atoms with E-state index in [-0.39, 0.29) is 11.4 Å². The van der Waals surface area contributed by atoms with Gasteiger partial charge in [-0.1, -0.05) is 30.3 Å². The first kappa shape index (κ1) is 25.5. The molecule has 4 rings (SSSR count). The van der Waals surface area contributed by atoms with Gasteiger partial charge in [-0.15, -0.1) is 5.10 Å². The van der Waals surface area contributed by atoms with Crippen LogP contribution in [0.4, 0.5) is 5.82 Å². The summed E-state index contributed by atoms with van der Waals surface area (Å²) in [6.45, 7) is 6.77. The zero-order chi connectivity index (χ0) is 26.3. The minimum Gasteiger partial charge on any atom is -0.491 e. The van der Waals surface area contributed by atoms with E-state index in [2.05, 4.69) is 31.6 Å². The molecular formula is C28H28N6O3. The molecule has 0 fully saturated rings. The lowest BCUT2D eigenvalue weighted by molar-refractivity contribution is -0.0163. The molecular weight excluding hydrogens is 468 g/mol. The van der Waals surface area contributed by atoms with Crippen molar-refractivity contribution in [3.63, 3.8) is 0 Å². The molecule has 0 aliphatic carbocycles. The predicted octanol–water partition coefficient (Wildman–Crippen LogP) is 4.78. The van der Waals surface area contributed by atoms with E-state index < -0.39 is 5.91 Å². The van der Waals surface area contributed by atoms with Crippen molar-refractivity contribution < 1.29 is 14.3 Å². The van der Waals surface area contributed by atoms with Crippen LogP contribution in [0.3, 0.4) is 0 Å². The maximum absolute atomic E-state index is 12.7. The molecule has 0 saturated heterocycles. The maximum Gasteiger partial charge on any atom is 0.296 e. The van der Waals surface area contributed by atoms with Crippen LogP contribution in [0.25, 0.3) is 11.1 Å². The highest BCUT2D eigenvalue weighted by Crippen LogP contribution is 2.29. The van der Waals surface area contributed by atoms with Crippen LogP contribution in [0.5, 0.6) is 5.75 Å². The largest absolute Gasteiger partial charge is 0.491 e. The number of amides is 1. The summed E-state index contributed by atoms with van der Waals surface area (Å²) in [5.74, 6) is 1.04. The first-order valence-corrected chi connectivity index (χ1v) is 11.8. The van der Waals surface area contributed by atoms with Gasteiger partial charge in [-0.05, 0) is 62.2 Å². The Hall–Kier alpha value is -4.55. The Labute approximate surface area is 215 Å². The summed E-state index contributed by atoms with van der Waals surface area (Å²) in [7, 11) is 0. The van der Waals surface area contributed by atoms with Gasteiger partial charge in [0.1, 0.15) is 24.0 Å². The molecule has 2 aromatic heterocycles. The molecule has 0 bridgehead atoms. The van der Waals surface area contributed by atoms with Crippen molar-refractivity contribution in [1.82, 2.24) is 20.2 Å². The van der Waals surface area contributed by atoms with Crippen LogP contribution in [-0.4, -0.2) is 44.9 Å². The molecule has 0 aliphatic rings. The van der Waals surface area contributed by atoms with Crippen molar-refractivity contribution >= 4 is 11.7 Å². The number of benzene rings is 2. The third-order valence-electron chi connectivity index (χ3n) is 5.26. The second-order valence-corrected chi connectivity index (χ2v) is 9.28. The van der Waals surface area contributed by atoms with Gasteiger partial charge in [-0.25, -0.2) is 9.97 Å². The number of carbonyl (C=O) groups excluding carboxylic acids is 1. The van der Waals surface area contributed by atoms with E-state index in [1.165, 1.54) is 0 Å². The molecule has 188 valence electrons. The fraction of sp³-hybridized carbons (Fsp3) is 0.250. The van der Waals surface area contributed by atoms with Crippen molar-refractivity contribution in [2.45, 2.75) is 32.8 Å². The van der Waals surface area contributed by atoms with Crippen LogP contribution in [0, 0.1) is 11.3 Å². The Bertz CT molecular complexity index is 1400. The number of nitriles is 1. The molecule has 0 atom stereocenters. The van der Waals surface area contributed by atoms with E-state index in [4.69, 9.17) is 9.47 Å². The predicted molar refractivity (Wildman–Crippen MR) is 139 cm³/mol. The summed E-state index contributed by atoms with van der Waals surface area (Å²) in [5.41, 5.74) is 2.66. The fourth-order valence-corrected chi connectivity index (χ4v) is 3.56. The van der Waals surface area contributed by atoms with Gasteiger partial charge < -0.3 is 14.8 Å². The average molecular weight is 497 g/mol.